The van der Waals surface area contributed by atoms with Crippen LogP contribution in [0.1, 0.15) is 37.3 Å². The van der Waals surface area contributed by atoms with E-state index in [1.807, 2.05) is 0 Å². The van der Waals surface area contributed by atoms with E-state index in [0.29, 0.717) is 24.3 Å². The molecule has 0 spiro atoms. The Kier molecular flexibility index (Phi) is 11.1. The minimum Gasteiger partial charge on any atom is -0.429 e. The van der Waals surface area contributed by atoms with E-state index in [4.69, 9.17) is 0 Å². The fourth-order valence-corrected chi connectivity index (χ4v) is 5.09. The van der Waals surface area contributed by atoms with Crippen LogP contribution in [-0.4, -0.2) is 22.5 Å². The van der Waals surface area contributed by atoms with Gasteiger partial charge in [-0.1, -0.05) is 31.9 Å². The molecule has 5 rings (SSSR count). The topological polar surface area (TPSA) is 44.2 Å². The monoisotopic (exact) mass is 744 g/mol. The Morgan fingerprint density at radius 2 is 1.13 bits per heavy atom. The van der Waals surface area contributed by atoms with Crippen LogP contribution >= 0.6 is 0 Å². The van der Waals surface area contributed by atoms with Crippen molar-refractivity contribution < 1.29 is 62.2 Å². The number of alkyl halides is 6. The summed E-state index contributed by atoms with van der Waals surface area (Å²) in [6.07, 6.45) is -7.52. The molecule has 0 N–H and O–H groups in total. The van der Waals surface area contributed by atoms with Gasteiger partial charge in [0.1, 0.15) is 34.6 Å². The predicted molar refractivity (Wildman–Crippen MR) is 164 cm³/mol. The van der Waals surface area contributed by atoms with E-state index >= 15 is 22.0 Å². The van der Waals surface area contributed by atoms with Crippen molar-refractivity contribution in [2.45, 2.75) is 51.2 Å². The molecule has 4 aromatic carbocycles. The number of ether oxygens (including phenoxy) is 2. The van der Waals surface area contributed by atoms with Gasteiger partial charge in [0.15, 0.2) is 23.2 Å². The largest absolute Gasteiger partial charge is 0.461 e. The Labute approximate surface area is 287 Å². The molecule has 0 amide bonds. The number of rotatable bonds is 13. The lowest BCUT2D eigenvalue weighted by Crippen LogP contribution is -2.34. The summed E-state index contributed by atoms with van der Waals surface area (Å²) in [5.74, 6) is -12.7. The lowest BCUT2D eigenvalue weighted by Gasteiger charge is -2.20. The highest BCUT2D eigenvalue weighted by atomic mass is 19.3. The van der Waals surface area contributed by atoms with Gasteiger partial charge in [-0.3, -0.25) is 0 Å². The zero-order chi connectivity index (χ0) is 38.0. The van der Waals surface area contributed by atoms with E-state index in [9.17, 15) is 30.7 Å². The molecule has 1 heterocycles. The van der Waals surface area contributed by atoms with Crippen LogP contribution < -0.4 is 9.47 Å². The second-order valence-electron chi connectivity index (χ2n) is 11.4. The van der Waals surface area contributed by atoms with Crippen LogP contribution in [0.2, 0.25) is 0 Å². The van der Waals surface area contributed by atoms with Gasteiger partial charge in [0.05, 0.1) is 0 Å². The first-order valence-electron chi connectivity index (χ1n) is 15.3. The lowest BCUT2D eigenvalue weighted by molar-refractivity contribution is -0.255. The van der Waals surface area contributed by atoms with Gasteiger partial charge < -0.3 is 9.47 Å². The summed E-state index contributed by atoms with van der Waals surface area (Å²) in [5, 5.41) is 0. The smallest absolute Gasteiger partial charge is 0.429 e. The van der Waals surface area contributed by atoms with E-state index in [-0.39, 0.29) is 35.2 Å². The molecule has 0 fully saturated rings. The molecule has 0 saturated carbocycles. The van der Waals surface area contributed by atoms with Gasteiger partial charge in [0, 0.05) is 35.2 Å². The summed E-state index contributed by atoms with van der Waals surface area (Å²) >= 11 is 0. The number of aryl methyl sites for hydroxylation is 1. The van der Waals surface area contributed by atoms with Crippen LogP contribution in [0, 0.1) is 34.9 Å². The summed E-state index contributed by atoms with van der Waals surface area (Å²) in [6, 6.07) is 6.46. The van der Waals surface area contributed by atoms with E-state index in [0.717, 1.165) is 43.4 Å². The molecule has 0 aliphatic rings. The third kappa shape index (κ3) is 8.26. The molecule has 52 heavy (non-hydrogen) atoms. The number of hydrogen-bond acceptors (Lipinski definition) is 4. The first-order valence-corrected chi connectivity index (χ1v) is 15.3. The van der Waals surface area contributed by atoms with Crippen molar-refractivity contribution in [1.82, 2.24) is 9.97 Å². The molecule has 0 aliphatic heterocycles. The Morgan fingerprint density at radius 1 is 0.615 bits per heavy atom. The number of nitrogens with zero attached hydrogens (tertiary/aromatic N) is 2. The quantitative estimate of drug-likeness (QED) is 0.0890. The molecular weight excluding hydrogens is 720 g/mol. The van der Waals surface area contributed by atoms with E-state index in [1.165, 1.54) is 6.07 Å². The standard InChI is InChI=1S/C36H24F12N2O2/c1-2-3-4-5-18-16-49-33(50-17-18)19-6-8-23(25(37)10-19)20-11-27(39)31(28(40)12-20)35(45,46)51-22-7-9-24(26(38)15-22)21-13-29(41)32(30(42)14-21)52-36(47,48)34(43)44/h6-17,34H,2-5H2,1H3. The number of unbranched alkanes of at least 4 members (excludes halogenated alkanes) is 2. The van der Waals surface area contributed by atoms with Crippen LogP contribution in [0.25, 0.3) is 33.6 Å². The molecule has 0 unspecified atom stereocenters. The van der Waals surface area contributed by atoms with Crippen molar-refractivity contribution in [3.8, 4) is 45.1 Å². The lowest BCUT2D eigenvalue weighted by atomic mass is 10.00. The Balaban J connectivity index is 1.34. The highest BCUT2D eigenvalue weighted by molar-refractivity contribution is 5.69. The first kappa shape index (κ1) is 38.0. The minimum absolute atomic E-state index is 0.181. The maximum absolute atomic E-state index is 15.1. The van der Waals surface area contributed by atoms with Crippen LogP contribution in [-0.2, 0) is 12.5 Å². The zero-order valence-corrected chi connectivity index (χ0v) is 26.6. The SMILES string of the molecule is CCCCCc1cnc(-c2ccc(-c3cc(F)c(C(F)(F)Oc4ccc(-c5cc(F)c(OC(F)(F)C(F)F)c(F)c5)c(F)c4)c(F)c3)c(F)c2)nc1. The predicted octanol–water partition coefficient (Wildman–Crippen LogP) is 11.4. The van der Waals surface area contributed by atoms with Crippen molar-refractivity contribution in [3.05, 3.63) is 119 Å². The van der Waals surface area contributed by atoms with Crippen LogP contribution in [0.4, 0.5) is 52.7 Å². The van der Waals surface area contributed by atoms with Crippen LogP contribution in [0.15, 0.2) is 73.1 Å². The number of aromatic nitrogens is 2. The molecule has 0 saturated heterocycles. The van der Waals surface area contributed by atoms with Crippen LogP contribution in [0.3, 0.4) is 0 Å². The molecule has 0 aliphatic carbocycles. The summed E-state index contributed by atoms with van der Waals surface area (Å²) in [6.45, 7) is 2.07. The average molecular weight is 745 g/mol. The Morgan fingerprint density at radius 3 is 1.65 bits per heavy atom. The fourth-order valence-electron chi connectivity index (χ4n) is 5.09. The normalized spacial score (nSPS) is 12.0. The van der Waals surface area contributed by atoms with Crippen molar-refractivity contribution in [1.29, 1.82) is 0 Å². The van der Waals surface area contributed by atoms with E-state index < -0.39 is 87.3 Å². The first-order chi connectivity index (χ1) is 24.5. The molecule has 16 heteroatoms. The van der Waals surface area contributed by atoms with Crippen molar-refractivity contribution in [2.75, 3.05) is 0 Å². The number of halogens is 12. The number of benzene rings is 4. The van der Waals surface area contributed by atoms with E-state index in [1.54, 1.807) is 12.4 Å². The molecule has 1 aromatic heterocycles. The molecule has 5 aromatic rings. The minimum atomic E-state index is -5.27. The van der Waals surface area contributed by atoms with Crippen molar-refractivity contribution >= 4 is 0 Å². The van der Waals surface area contributed by atoms with Gasteiger partial charge in [-0.05, 0) is 72.0 Å². The van der Waals surface area contributed by atoms with Crippen molar-refractivity contribution in [2.24, 2.45) is 0 Å². The van der Waals surface area contributed by atoms with Crippen molar-refractivity contribution in [3.63, 3.8) is 0 Å². The molecule has 0 bridgehead atoms. The summed E-state index contributed by atoms with van der Waals surface area (Å²) in [5.41, 5.74) is -2.98. The highest BCUT2D eigenvalue weighted by Gasteiger charge is 2.45. The van der Waals surface area contributed by atoms with Gasteiger partial charge in [-0.2, -0.15) is 26.3 Å². The third-order valence-corrected chi connectivity index (χ3v) is 7.63. The summed E-state index contributed by atoms with van der Waals surface area (Å²) in [7, 11) is 0. The van der Waals surface area contributed by atoms with Gasteiger partial charge in [-0.25, -0.2) is 36.3 Å². The molecule has 274 valence electrons. The maximum Gasteiger partial charge on any atom is 0.461 e. The molecular formula is C36H24F12N2O2. The Hall–Kier alpha value is -5.28. The average Bonchev–Trinajstić information content (AvgIpc) is 3.06. The Bertz CT molecular complexity index is 2030. The fraction of sp³-hybridized carbons (Fsp3) is 0.222. The second kappa shape index (κ2) is 15.1. The van der Waals surface area contributed by atoms with E-state index in [2.05, 4.69) is 26.4 Å². The zero-order valence-electron chi connectivity index (χ0n) is 26.6. The summed E-state index contributed by atoms with van der Waals surface area (Å²) in [4.78, 5) is 8.45. The maximum atomic E-state index is 15.1. The third-order valence-electron chi connectivity index (χ3n) is 7.63. The van der Waals surface area contributed by atoms with Crippen LogP contribution in [0.5, 0.6) is 11.5 Å². The summed E-state index contributed by atoms with van der Waals surface area (Å²) < 4.78 is 178. The highest BCUT2D eigenvalue weighted by Crippen LogP contribution is 2.40. The van der Waals surface area contributed by atoms with Gasteiger partial charge in [0.25, 0.3) is 0 Å². The number of hydrogen-bond donors (Lipinski definition) is 0. The molecule has 0 radical (unpaired) electrons. The molecule has 0 atom stereocenters. The van der Waals surface area contributed by atoms with Gasteiger partial charge in [-0.15, -0.1) is 0 Å². The van der Waals surface area contributed by atoms with Gasteiger partial charge in [0.2, 0.25) is 0 Å². The van der Waals surface area contributed by atoms with Gasteiger partial charge >= 0.3 is 18.6 Å². The molecule has 4 nitrogen and oxygen atoms in total. The second-order valence-corrected chi connectivity index (χ2v) is 11.4.